The van der Waals surface area contributed by atoms with E-state index in [1.54, 1.807) is 15.5 Å². The quantitative estimate of drug-likeness (QED) is 0.689. The summed E-state index contributed by atoms with van der Waals surface area (Å²) >= 11 is 0. The molecule has 0 unspecified atom stereocenters. The molecule has 0 saturated heterocycles. The minimum absolute atomic E-state index is 0.0587. The van der Waals surface area contributed by atoms with Crippen LogP contribution in [0.3, 0.4) is 0 Å². The van der Waals surface area contributed by atoms with Crippen LogP contribution in [0.4, 0.5) is 0 Å². The largest absolute Gasteiger partial charge is 0.354 e. The molecule has 1 aliphatic carbocycles. The lowest BCUT2D eigenvalue weighted by molar-refractivity contribution is -0.121. The van der Waals surface area contributed by atoms with E-state index in [1.807, 2.05) is 35.9 Å². The highest BCUT2D eigenvalue weighted by molar-refractivity contribution is 5.78. The highest BCUT2D eigenvalue weighted by Gasteiger charge is 2.45. The molecule has 26 heavy (non-hydrogen) atoms. The number of aryl methyl sites for hydroxylation is 2. The fraction of sp³-hybridized carbons (Fsp3) is 0.444. The zero-order valence-electron chi connectivity index (χ0n) is 14.8. The average Bonchev–Trinajstić information content (AvgIpc) is 3.12. The van der Waals surface area contributed by atoms with Gasteiger partial charge in [-0.25, -0.2) is 14.5 Å². The lowest BCUT2D eigenvalue weighted by Crippen LogP contribution is -2.36. The fourth-order valence-electron chi connectivity index (χ4n) is 3.44. The van der Waals surface area contributed by atoms with E-state index in [4.69, 9.17) is 0 Å². The molecule has 3 aromatic rings. The summed E-state index contributed by atoms with van der Waals surface area (Å²) in [4.78, 5) is 28.9. The second kappa shape index (κ2) is 6.44. The van der Waals surface area contributed by atoms with Gasteiger partial charge in [-0.05, 0) is 31.9 Å². The van der Waals surface area contributed by atoms with Crippen molar-refractivity contribution in [3.63, 3.8) is 0 Å². The zero-order valence-corrected chi connectivity index (χ0v) is 14.8. The molecule has 0 radical (unpaired) electrons. The van der Waals surface area contributed by atoms with Crippen LogP contribution >= 0.6 is 0 Å². The highest BCUT2D eigenvalue weighted by atomic mass is 16.2. The molecular formula is C18H22N6O2. The number of rotatable bonds is 7. The number of benzene rings is 1. The van der Waals surface area contributed by atoms with Crippen molar-refractivity contribution in [1.82, 2.24) is 29.2 Å². The maximum absolute atomic E-state index is 12.6. The van der Waals surface area contributed by atoms with E-state index >= 15 is 0 Å². The highest BCUT2D eigenvalue weighted by Crippen LogP contribution is 2.41. The van der Waals surface area contributed by atoms with Gasteiger partial charge in [0.05, 0.1) is 16.6 Å². The normalized spacial score (nSPS) is 15.3. The lowest BCUT2D eigenvalue weighted by atomic mass is 10.2. The number of nitrogens with one attached hydrogen (secondary N) is 1. The molecule has 8 nitrogen and oxygen atoms in total. The van der Waals surface area contributed by atoms with Crippen molar-refractivity contribution in [2.75, 3.05) is 6.54 Å². The maximum atomic E-state index is 12.6. The topological polar surface area (TPSA) is 86.7 Å². The molecule has 1 saturated carbocycles. The second-order valence-corrected chi connectivity index (χ2v) is 6.76. The molecule has 0 aliphatic heterocycles. The number of fused-ring (bicyclic) bond motifs is 1. The number of carbonyl (C=O) groups is 1. The van der Waals surface area contributed by atoms with Gasteiger partial charge in [0.1, 0.15) is 12.7 Å². The Morgan fingerprint density at radius 2 is 1.96 bits per heavy atom. The third kappa shape index (κ3) is 2.81. The minimum atomic E-state index is -0.124. The summed E-state index contributed by atoms with van der Waals surface area (Å²) in [6, 6.07) is 7.69. The second-order valence-electron chi connectivity index (χ2n) is 6.76. The summed E-state index contributed by atoms with van der Waals surface area (Å²) in [7, 11) is 0. The van der Waals surface area contributed by atoms with E-state index in [1.165, 1.54) is 6.33 Å². The first-order chi connectivity index (χ1) is 12.6. The first kappa shape index (κ1) is 16.6. The van der Waals surface area contributed by atoms with Gasteiger partial charge in [-0.2, -0.15) is 5.10 Å². The third-order valence-electron chi connectivity index (χ3n) is 5.15. The van der Waals surface area contributed by atoms with Crippen LogP contribution in [0.1, 0.15) is 26.2 Å². The van der Waals surface area contributed by atoms with E-state index in [0.29, 0.717) is 19.6 Å². The van der Waals surface area contributed by atoms with E-state index < -0.39 is 0 Å². The Hall–Kier alpha value is -2.90. The lowest BCUT2D eigenvalue weighted by Gasteiger charge is -2.16. The van der Waals surface area contributed by atoms with Gasteiger partial charge in [0.15, 0.2) is 0 Å². The summed E-state index contributed by atoms with van der Waals surface area (Å²) in [5, 5.41) is 7.17. The van der Waals surface area contributed by atoms with Gasteiger partial charge >= 0.3 is 5.69 Å². The van der Waals surface area contributed by atoms with Crippen LogP contribution in [0, 0.1) is 0 Å². The molecule has 1 fully saturated rings. The molecule has 2 aromatic heterocycles. The van der Waals surface area contributed by atoms with Crippen LogP contribution < -0.4 is 11.0 Å². The van der Waals surface area contributed by atoms with Gasteiger partial charge in [0, 0.05) is 26.1 Å². The zero-order chi connectivity index (χ0) is 18.1. The number of carbonyl (C=O) groups excluding carboxylic acids is 1. The van der Waals surface area contributed by atoms with Gasteiger partial charge in [0.25, 0.3) is 0 Å². The predicted molar refractivity (Wildman–Crippen MR) is 96.7 cm³/mol. The summed E-state index contributed by atoms with van der Waals surface area (Å²) in [5.41, 5.74) is 1.58. The van der Waals surface area contributed by atoms with Crippen molar-refractivity contribution in [2.24, 2.45) is 0 Å². The molecule has 0 spiro atoms. The van der Waals surface area contributed by atoms with Crippen LogP contribution in [-0.4, -0.2) is 36.4 Å². The summed E-state index contributed by atoms with van der Waals surface area (Å²) in [6.07, 6.45) is 5.45. The first-order valence-corrected chi connectivity index (χ1v) is 8.94. The summed E-state index contributed by atoms with van der Waals surface area (Å²) in [5.74, 6) is -0.0587. The number of para-hydroxylation sites is 2. The SMILES string of the molecule is CCn1c(=O)n(CCC(=O)NCC2(n3cncn3)CC2)c2ccccc21. The molecular weight excluding hydrogens is 332 g/mol. The standard InChI is InChI=1S/C18H22N6O2/c1-2-22-14-5-3-4-6-15(14)23(17(22)26)10-7-16(25)20-11-18(8-9-18)24-13-19-12-21-24/h3-6,12-13H,2,7-11H2,1H3,(H,20,25). The molecule has 4 rings (SSSR count). The maximum Gasteiger partial charge on any atom is 0.329 e. The van der Waals surface area contributed by atoms with Crippen molar-refractivity contribution < 1.29 is 4.79 Å². The Bertz CT molecular complexity index is 981. The smallest absolute Gasteiger partial charge is 0.329 e. The molecule has 1 aliphatic rings. The van der Waals surface area contributed by atoms with Crippen molar-refractivity contribution in [2.45, 2.75) is 44.8 Å². The van der Waals surface area contributed by atoms with Crippen molar-refractivity contribution in [1.29, 1.82) is 0 Å². The predicted octanol–water partition coefficient (Wildman–Crippen LogP) is 1.11. The third-order valence-corrected chi connectivity index (χ3v) is 5.15. The molecule has 1 amide bonds. The molecule has 2 heterocycles. The van der Waals surface area contributed by atoms with E-state index in [2.05, 4.69) is 15.4 Å². The Labute approximate surface area is 150 Å². The van der Waals surface area contributed by atoms with Crippen LogP contribution in [0.2, 0.25) is 0 Å². The molecule has 1 aromatic carbocycles. The van der Waals surface area contributed by atoms with Crippen LogP contribution in [0.15, 0.2) is 41.7 Å². The summed E-state index contributed by atoms with van der Waals surface area (Å²) < 4.78 is 5.24. The first-order valence-electron chi connectivity index (χ1n) is 8.94. The molecule has 1 N–H and O–H groups in total. The number of hydrogen-bond acceptors (Lipinski definition) is 4. The van der Waals surface area contributed by atoms with Crippen LogP contribution in [-0.2, 0) is 23.4 Å². The van der Waals surface area contributed by atoms with Gasteiger partial charge < -0.3 is 5.32 Å². The Morgan fingerprint density at radius 1 is 1.23 bits per heavy atom. The van der Waals surface area contributed by atoms with Gasteiger partial charge in [-0.15, -0.1) is 0 Å². The number of aromatic nitrogens is 5. The van der Waals surface area contributed by atoms with Crippen molar-refractivity contribution in [3.05, 3.63) is 47.4 Å². The Morgan fingerprint density at radius 3 is 2.58 bits per heavy atom. The Balaban J connectivity index is 1.42. The number of hydrogen-bond donors (Lipinski definition) is 1. The fourth-order valence-corrected chi connectivity index (χ4v) is 3.44. The molecule has 8 heteroatoms. The monoisotopic (exact) mass is 354 g/mol. The van der Waals surface area contributed by atoms with E-state index in [-0.39, 0.29) is 23.6 Å². The van der Waals surface area contributed by atoms with Crippen molar-refractivity contribution >= 4 is 16.9 Å². The number of nitrogens with zero attached hydrogens (tertiary/aromatic N) is 5. The van der Waals surface area contributed by atoms with E-state index in [9.17, 15) is 9.59 Å². The molecule has 0 bridgehead atoms. The van der Waals surface area contributed by atoms with Gasteiger partial charge in [-0.1, -0.05) is 12.1 Å². The average molecular weight is 354 g/mol. The summed E-state index contributed by atoms with van der Waals surface area (Å²) in [6.45, 7) is 3.47. The number of imidazole rings is 1. The van der Waals surface area contributed by atoms with Crippen molar-refractivity contribution in [3.8, 4) is 0 Å². The van der Waals surface area contributed by atoms with Gasteiger partial charge in [-0.3, -0.25) is 13.9 Å². The Kier molecular flexibility index (Phi) is 4.10. The van der Waals surface area contributed by atoms with Crippen LogP contribution in [0.5, 0.6) is 0 Å². The molecule has 0 atom stereocenters. The van der Waals surface area contributed by atoms with Gasteiger partial charge in [0.2, 0.25) is 5.91 Å². The van der Waals surface area contributed by atoms with E-state index in [0.717, 1.165) is 23.9 Å². The number of amides is 1. The van der Waals surface area contributed by atoms with Crippen LogP contribution in [0.25, 0.3) is 11.0 Å². The molecule has 136 valence electrons. The minimum Gasteiger partial charge on any atom is -0.354 e.